The van der Waals surface area contributed by atoms with Crippen LogP contribution in [0.15, 0.2) is 11.6 Å². The second-order valence-corrected chi connectivity index (χ2v) is 6.11. The van der Waals surface area contributed by atoms with Gasteiger partial charge in [-0.15, -0.1) is 0 Å². The first kappa shape index (κ1) is 10.6. The van der Waals surface area contributed by atoms with Crippen molar-refractivity contribution in [2.24, 2.45) is 0 Å². The van der Waals surface area contributed by atoms with Crippen molar-refractivity contribution in [2.45, 2.75) is 56.3 Å². The normalized spacial score (nSPS) is 39.3. The maximum Gasteiger partial charge on any atom is 0.0957 e. The van der Waals surface area contributed by atoms with Crippen molar-refractivity contribution in [3.05, 3.63) is 11.6 Å². The smallest absolute Gasteiger partial charge is 0.0957 e. The van der Waals surface area contributed by atoms with Gasteiger partial charge in [0.25, 0.3) is 0 Å². The molecule has 1 saturated heterocycles. The Bertz CT molecular complexity index is 236. The van der Waals surface area contributed by atoms with Gasteiger partial charge in [-0.1, -0.05) is 19.4 Å². The summed E-state index contributed by atoms with van der Waals surface area (Å²) in [6.07, 6.45) is 9.49. The fourth-order valence-electron chi connectivity index (χ4n) is 2.53. The summed E-state index contributed by atoms with van der Waals surface area (Å²) in [5.74, 6) is 0.917. The Morgan fingerprint density at radius 2 is 2.29 bits per heavy atom. The Kier molecular flexibility index (Phi) is 3.23. The van der Waals surface area contributed by atoms with Crippen LogP contribution in [-0.2, 0) is 0 Å². The quantitative estimate of drug-likeness (QED) is 0.674. The molecule has 0 bridgehead atoms. The Morgan fingerprint density at radius 1 is 1.43 bits per heavy atom. The molecule has 1 heterocycles. The Balaban J connectivity index is 2.08. The molecule has 0 aromatic heterocycles. The molecule has 0 amide bonds. The van der Waals surface area contributed by atoms with Gasteiger partial charge in [-0.25, -0.2) is 0 Å². The molecule has 14 heavy (non-hydrogen) atoms. The fourth-order valence-corrected chi connectivity index (χ4v) is 3.79. The highest BCUT2D eigenvalue weighted by Crippen LogP contribution is 2.41. The van der Waals surface area contributed by atoms with Crippen molar-refractivity contribution in [3.8, 4) is 0 Å². The highest BCUT2D eigenvalue weighted by atomic mass is 32.2. The molecule has 80 valence electrons. The molecule has 1 nitrogen and oxygen atoms in total. The summed E-state index contributed by atoms with van der Waals surface area (Å²) in [6, 6.07) is 0. The molecular weight excluding hydrogens is 192 g/mol. The molecule has 2 rings (SSSR count). The van der Waals surface area contributed by atoms with Crippen LogP contribution in [0.5, 0.6) is 0 Å². The van der Waals surface area contributed by atoms with Crippen LogP contribution < -0.4 is 0 Å². The molecule has 2 unspecified atom stereocenters. The lowest BCUT2D eigenvalue weighted by Gasteiger charge is -2.25. The van der Waals surface area contributed by atoms with Crippen molar-refractivity contribution < 1.29 is 5.11 Å². The minimum Gasteiger partial charge on any atom is -0.385 e. The summed E-state index contributed by atoms with van der Waals surface area (Å²) >= 11 is 1.91. The number of hydrogen-bond donors (Lipinski definition) is 1. The van der Waals surface area contributed by atoms with Crippen LogP contribution in [0.2, 0.25) is 0 Å². The van der Waals surface area contributed by atoms with Crippen LogP contribution in [0.25, 0.3) is 0 Å². The van der Waals surface area contributed by atoms with E-state index in [2.05, 4.69) is 13.0 Å². The van der Waals surface area contributed by atoms with Gasteiger partial charge >= 0.3 is 0 Å². The number of hydrogen-bond acceptors (Lipinski definition) is 2. The summed E-state index contributed by atoms with van der Waals surface area (Å²) in [5.41, 5.74) is 0.890. The van der Waals surface area contributed by atoms with Gasteiger partial charge in [-0.05, 0) is 37.7 Å². The Hall–Kier alpha value is 0.0500. The first-order valence-corrected chi connectivity index (χ1v) is 6.79. The number of aliphatic hydroxyl groups is 1. The maximum absolute atomic E-state index is 10.5. The average Bonchev–Trinajstić information content (AvgIpc) is 2.45. The molecule has 2 aliphatic rings. The van der Waals surface area contributed by atoms with Crippen molar-refractivity contribution in [1.82, 2.24) is 0 Å². The first-order valence-electron chi connectivity index (χ1n) is 5.74. The molecule has 0 saturated carbocycles. The van der Waals surface area contributed by atoms with E-state index in [1.54, 1.807) is 0 Å². The van der Waals surface area contributed by atoms with E-state index in [-0.39, 0.29) is 0 Å². The lowest BCUT2D eigenvalue weighted by atomic mass is 9.88. The van der Waals surface area contributed by atoms with E-state index in [0.29, 0.717) is 5.25 Å². The van der Waals surface area contributed by atoms with Gasteiger partial charge in [0.15, 0.2) is 0 Å². The predicted molar refractivity (Wildman–Crippen MR) is 62.7 cm³/mol. The van der Waals surface area contributed by atoms with Crippen molar-refractivity contribution >= 4 is 11.8 Å². The van der Waals surface area contributed by atoms with E-state index >= 15 is 0 Å². The standard InChI is InChI=1S/C12H20OS/c1-10-8-12(13,9-14-10)11-6-4-2-3-5-7-11/h6,10,13H,2-5,7-9H2,1H3. The average molecular weight is 212 g/mol. The molecule has 2 atom stereocenters. The molecule has 0 aromatic rings. The zero-order valence-corrected chi connectivity index (χ0v) is 9.78. The molecule has 1 aliphatic heterocycles. The van der Waals surface area contributed by atoms with E-state index in [4.69, 9.17) is 0 Å². The first-order chi connectivity index (χ1) is 6.71. The molecular formula is C12H20OS. The molecule has 1 aliphatic carbocycles. The van der Waals surface area contributed by atoms with Crippen LogP contribution in [0.4, 0.5) is 0 Å². The molecule has 0 spiro atoms. The number of allylic oxidation sites excluding steroid dienone is 1. The third-order valence-corrected chi connectivity index (χ3v) is 4.75. The van der Waals surface area contributed by atoms with E-state index in [1.165, 1.54) is 31.3 Å². The van der Waals surface area contributed by atoms with Crippen LogP contribution in [0.1, 0.15) is 45.4 Å². The fraction of sp³-hybridized carbons (Fsp3) is 0.833. The number of thioether (sulfide) groups is 1. The largest absolute Gasteiger partial charge is 0.385 e. The van der Waals surface area contributed by atoms with E-state index < -0.39 is 5.60 Å². The van der Waals surface area contributed by atoms with Crippen molar-refractivity contribution in [2.75, 3.05) is 5.75 Å². The van der Waals surface area contributed by atoms with Crippen molar-refractivity contribution in [1.29, 1.82) is 0 Å². The summed E-state index contributed by atoms with van der Waals surface area (Å²) in [6.45, 7) is 2.22. The van der Waals surface area contributed by atoms with Gasteiger partial charge < -0.3 is 5.11 Å². The van der Waals surface area contributed by atoms with Gasteiger partial charge in [0.2, 0.25) is 0 Å². The van der Waals surface area contributed by atoms with E-state index in [1.807, 2.05) is 11.8 Å². The molecule has 0 radical (unpaired) electrons. The Morgan fingerprint density at radius 3 is 3.00 bits per heavy atom. The minimum absolute atomic E-state index is 0.450. The second kappa shape index (κ2) is 4.28. The van der Waals surface area contributed by atoms with Gasteiger partial charge in [-0.2, -0.15) is 11.8 Å². The van der Waals surface area contributed by atoms with Crippen LogP contribution >= 0.6 is 11.8 Å². The predicted octanol–water partition coefficient (Wildman–Crippen LogP) is 3.13. The lowest BCUT2D eigenvalue weighted by molar-refractivity contribution is 0.0980. The van der Waals surface area contributed by atoms with E-state index in [9.17, 15) is 5.11 Å². The highest BCUT2D eigenvalue weighted by molar-refractivity contribution is 8.00. The zero-order valence-electron chi connectivity index (χ0n) is 8.96. The second-order valence-electron chi connectivity index (χ2n) is 4.69. The Labute approximate surface area is 91.0 Å². The van der Waals surface area contributed by atoms with Gasteiger partial charge in [0.05, 0.1) is 5.60 Å². The summed E-state index contributed by atoms with van der Waals surface area (Å²) in [5, 5.41) is 11.2. The minimum atomic E-state index is -0.450. The third-order valence-electron chi connectivity index (χ3n) is 3.37. The summed E-state index contributed by atoms with van der Waals surface area (Å²) < 4.78 is 0. The van der Waals surface area contributed by atoms with Crippen molar-refractivity contribution in [3.63, 3.8) is 0 Å². The molecule has 1 fully saturated rings. The highest BCUT2D eigenvalue weighted by Gasteiger charge is 2.38. The van der Waals surface area contributed by atoms with Crippen LogP contribution in [0, 0.1) is 0 Å². The lowest BCUT2D eigenvalue weighted by Crippen LogP contribution is -2.31. The monoisotopic (exact) mass is 212 g/mol. The summed E-state index contributed by atoms with van der Waals surface area (Å²) in [4.78, 5) is 0. The van der Waals surface area contributed by atoms with Gasteiger partial charge in [-0.3, -0.25) is 0 Å². The zero-order chi connectivity index (χ0) is 10.0. The summed E-state index contributed by atoms with van der Waals surface area (Å²) in [7, 11) is 0. The number of rotatable bonds is 1. The van der Waals surface area contributed by atoms with Crippen LogP contribution in [-0.4, -0.2) is 21.7 Å². The van der Waals surface area contributed by atoms with Crippen LogP contribution in [0.3, 0.4) is 0 Å². The maximum atomic E-state index is 10.5. The SMILES string of the molecule is CC1CC(O)(C2=CCCCCC2)CS1. The van der Waals surface area contributed by atoms with Gasteiger partial charge in [0, 0.05) is 11.0 Å². The van der Waals surface area contributed by atoms with Gasteiger partial charge in [0.1, 0.15) is 0 Å². The molecule has 0 aromatic carbocycles. The third kappa shape index (κ3) is 2.17. The van der Waals surface area contributed by atoms with E-state index in [0.717, 1.165) is 18.6 Å². The molecule has 2 heteroatoms. The molecule has 1 N–H and O–H groups in total. The topological polar surface area (TPSA) is 20.2 Å².